The van der Waals surface area contributed by atoms with Gasteiger partial charge in [0.05, 0.1) is 6.54 Å². The van der Waals surface area contributed by atoms with Crippen molar-refractivity contribution in [3.8, 4) is 0 Å². The number of nitrogens with zero attached hydrogens (tertiary/aromatic N) is 2. The summed E-state index contributed by atoms with van der Waals surface area (Å²) >= 11 is 7.32. The third kappa shape index (κ3) is 6.78. The molecule has 28 heavy (non-hydrogen) atoms. The van der Waals surface area contributed by atoms with Crippen LogP contribution in [0.5, 0.6) is 0 Å². The zero-order chi connectivity index (χ0) is 20.5. The van der Waals surface area contributed by atoms with Crippen LogP contribution in [0, 0.1) is 0 Å². The first-order valence-corrected chi connectivity index (χ1v) is 10.2. The largest absolute Gasteiger partial charge is 0.385 e. The number of methoxy groups -OCH3 is 1. The predicted octanol–water partition coefficient (Wildman–Crippen LogP) is 4.01. The van der Waals surface area contributed by atoms with Crippen molar-refractivity contribution in [2.75, 3.05) is 25.6 Å². The number of thiazole rings is 1. The van der Waals surface area contributed by atoms with Gasteiger partial charge in [-0.25, -0.2) is 9.78 Å². The van der Waals surface area contributed by atoms with Crippen LogP contribution >= 0.6 is 22.9 Å². The minimum absolute atomic E-state index is 0.0468. The number of urea groups is 1. The van der Waals surface area contributed by atoms with Gasteiger partial charge >= 0.3 is 6.03 Å². The summed E-state index contributed by atoms with van der Waals surface area (Å²) in [6.07, 6.45) is 0.740. The molecule has 0 fully saturated rings. The normalized spacial score (nSPS) is 10.8. The molecule has 152 valence electrons. The molecule has 1 heterocycles. The highest BCUT2D eigenvalue weighted by Crippen LogP contribution is 2.18. The standard InChI is InChI=1S/C19H25ClN4O3S/c1-13(2)24(19(26)22-15-7-4-6-14(20)10-15)11-17-23-16(12-28-17)18(25)21-8-5-9-27-3/h4,6-7,10,12-13H,5,8-9,11H2,1-3H3,(H,21,25)(H,22,26). The molecule has 0 aliphatic heterocycles. The van der Waals surface area contributed by atoms with Crippen molar-refractivity contribution in [1.82, 2.24) is 15.2 Å². The number of aromatic nitrogens is 1. The summed E-state index contributed by atoms with van der Waals surface area (Å²) in [6, 6.07) is 6.68. The molecule has 2 rings (SSSR count). The molecule has 0 aliphatic carbocycles. The van der Waals surface area contributed by atoms with Gasteiger partial charge in [0.1, 0.15) is 10.7 Å². The summed E-state index contributed by atoms with van der Waals surface area (Å²) < 4.78 is 4.96. The Balaban J connectivity index is 1.97. The van der Waals surface area contributed by atoms with Crippen molar-refractivity contribution >= 4 is 40.6 Å². The average molecular weight is 425 g/mol. The lowest BCUT2D eigenvalue weighted by atomic mass is 10.3. The molecular weight excluding hydrogens is 400 g/mol. The Morgan fingerprint density at radius 1 is 1.36 bits per heavy atom. The highest BCUT2D eigenvalue weighted by atomic mass is 35.5. The number of carbonyl (C=O) groups excluding carboxylic acids is 2. The van der Waals surface area contributed by atoms with Gasteiger partial charge in [0, 0.05) is 42.4 Å². The molecule has 0 saturated heterocycles. The average Bonchev–Trinajstić information content (AvgIpc) is 3.11. The molecule has 0 unspecified atom stereocenters. The number of ether oxygens (including phenoxy) is 1. The van der Waals surface area contributed by atoms with Crippen LogP contribution in [0.25, 0.3) is 0 Å². The molecule has 1 aromatic carbocycles. The van der Waals surface area contributed by atoms with Crippen molar-refractivity contribution in [3.63, 3.8) is 0 Å². The number of carbonyl (C=O) groups is 2. The second kappa shape index (κ2) is 11.0. The van der Waals surface area contributed by atoms with Crippen LogP contribution in [-0.2, 0) is 11.3 Å². The number of anilines is 1. The van der Waals surface area contributed by atoms with Crippen LogP contribution in [0.3, 0.4) is 0 Å². The molecule has 3 amide bonds. The Morgan fingerprint density at radius 2 is 2.14 bits per heavy atom. The van der Waals surface area contributed by atoms with Crippen molar-refractivity contribution in [1.29, 1.82) is 0 Å². The second-order valence-electron chi connectivity index (χ2n) is 6.39. The highest BCUT2D eigenvalue weighted by Gasteiger charge is 2.20. The Kier molecular flexibility index (Phi) is 8.69. The zero-order valence-electron chi connectivity index (χ0n) is 16.2. The zero-order valence-corrected chi connectivity index (χ0v) is 17.8. The number of amides is 3. The fourth-order valence-corrected chi connectivity index (χ4v) is 3.36. The quantitative estimate of drug-likeness (QED) is 0.596. The number of nitrogens with one attached hydrogen (secondary N) is 2. The van der Waals surface area contributed by atoms with Gasteiger partial charge in [-0.15, -0.1) is 11.3 Å². The summed E-state index contributed by atoms with van der Waals surface area (Å²) in [4.78, 5) is 30.8. The minimum Gasteiger partial charge on any atom is -0.385 e. The van der Waals surface area contributed by atoms with Crippen LogP contribution in [-0.4, -0.2) is 48.1 Å². The molecule has 0 radical (unpaired) electrons. The van der Waals surface area contributed by atoms with E-state index in [2.05, 4.69) is 15.6 Å². The summed E-state index contributed by atoms with van der Waals surface area (Å²) in [5.74, 6) is -0.224. The van der Waals surface area contributed by atoms with Gasteiger partial charge in [0.15, 0.2) is 0 Å². The summed E-state index contributed by atoms with van der Waals surface area (Å²) in [7, 11) is 1.62. The van der Waals surface area contributed by atoms with Crippen molar-refractivity contribution < 1.29 is 14.3 Å². The van der Waals surface area contributed by atoms with E-state index in [9.17, 15) is 9.59 Å². The smallest absolute Gasteiger partial charge is 0.322 e. The van der Waals surface area contributed by atoms with E-state index < -0.39 is 0 Å². The van der Waals surface area contributed by atoms with Gasteiger partial charge in [-0.2, -0.15) is 0 Å². The van der Waals surface area contributed by atoms with Gasteiger partial charge in [-0.1, -0.05) is 17.7 Å². The molecule has 2 N–H and O–H groups in total. The van der Waals surface area contributed by atoms with Crippen LogP contribution in [0.15, 0.2) is 29.6 Å². The number of halogens is 1. The van der Waals surface area contributed by atoms with Gasteiger partial charge in [0.2, 0.25) is 0 Å². The SMILES string of the molecule is COCCCNC(=O)c1csc(CN(C(=O)Nc2cccc(Cl)c2)C(C)C)n1. The van der Waals surface area contributed by atoms with Gasteiger partial charge in [0.25, 0.3) is 5.91 Å². The molecule has 9 heteroatoms. The highest BCUT2D eigenvalue weighted by molar-refractivity contribution is 7.09. The first kappa shape index (κ1) is 22.1. The number of benzene rings is 1. The fourth-order valence-electron chi connectivity index (χ4n) is 2.39. The molecule has 7 nitrogen and oxygen atoms in total. The minimum atomic E-state index is -0.252. The third-order valence-electron chi connectivity index (χ3n) is 3.86. The van der Waals surface area contributed by atoms with E-state index in [0.717, 1.165) is 6.42 Å². The van der Waals surface area contributed by atoms with E-state index in [1.807, 2.05) is 13.8 Å². The van der Waals surface area contributed by atoms with E-state index in [4.69, 9.17) is 16.3 Å². The van der Waals surface area contributed by atoms with Gasteiger partial charge in [-0.05, 0) is 38.5 Å². The van der Waals surface area contributed by atoms with Crippen LogP contribution in [0.2, 0.25) is 5.02 Å². The van der Waals surface area contributed by atoms with E-state index in [1.165, 1.54) is 11.3 Å². The molecule has 0 aliphatic rings. The van der Waals surface area contributed by atoms with Crippen LogP contribution in [0.1, 0.15) is 35.8 Å². The van der Waals surface area contributed by atoms with Crippen molar-refractivity contribution in [3.05, 3.63) is 45.4 Å². The predicted molar refractivity (Wildman–Crippen MR) is 112 cm³/mol. The van der Waals surface area contributed by atoms with Crippen LogP contribution in [0.4, 0.5) is 10.5 Å². The Bertz CT molecular complexity index is 797. The molecular formula is C19H25ClN4O3S. The summed E-state index contributed by atoms with van der Waals surface area (Å²) in [6.45, 7) is 5.28. The Labute approximate surface area is 174 Å². The third-order valence-corrected chi connectivity index (χ3v) is 4.93. The van der Waals surface area contributed by atoms with Crippen LogP contribution < -0.4 is 10.6 Å². The maximum Gasteiger partial charge on any atom is 0.322 e. The molecule has 0 atom stereocenters. The first-order valence-electron chi connectivity index (χ1n) is 8.95. The molecule has 0 bridgehead atoms. The van der Waals surface area contributed by atoms with E-state index >= 15 is 0 Å². The van der Waals surface area contributed by atoms with E-state index in [1.54, 1.807) is 41.7 Å². The maximum atomic E-state index is 12.7. The summed E-state index contributed by atoms with van der Waals surface area (Å²) in [5.41, 5.74) is 0.981. The monoisotopic (exact) mass is 424 g/mol. The molecule has 0 saturated carbocycles. The lowest BCUT2D eigenvalue weighted by molar-refractivity contribution is 0.0944. The first-order chi connectivity index (χ1) is 13.4. The van der Waals surface area contributed by atoms with E-state index in [0.29, 0.717) is 41.1 Å². The lowest BCUT2D eigenvalue weighted by Crippen LogP contribution is -2.39. The van der Waals surface area contributed by atoms with Crippen molar-refractivity contribution in [2.45, 2.75) is 32.9 Å². The van der Waals surface area contributed by atoms with E-state index in [-0.39, 0.29) is 18.0 Å². The number of rotatable bonds is 9. The molecule has 2 aromatic rings. The summed E-state index contributed by atoms with van der Waals surface area (Å²) in [5, 5.41) is 8.59. The van der Waals surface area contributed by atoms with Gasteiger partial charge in [-0.3, -0.25) is 4.79 Å². The number of hydrogen-bond donors (Lipinski definition) is 2. The molecule has 0 spiro atoms. The van der Waals surface area contributed by atoms with Crippen molar-refractivity contribution in [2.24, 2.45) is 0 Å². The molecule has 1 aromatic heterocycles. The maximum absolute atomic E-state index is 12.7. The fraction of sp³-hybridized carbons (Fsp3) is 0.421. The second-order valence-corrected chi connectivity index (χ2v) is 7.77. The lowest BCUT2D eigenvalue weighted by Gasteiger charge is -2.26. The topological polar surface area (TPSA) is 83.6 Å². The van der Waals surface area contributed by atoms with Gasteiger partial charge < -0.3 is 20.3 Å². The Morgan fingerprint density at radius 3 is 2.82 bits per heavy atom. The number of hydrogen-bond acceptors (Lipinski definition) is 5. The Hall–Kier alpha value is -2.16.